The molecule has 0 aliphatic carbocycles. The van der Waals surface area contributed by atoms with E-state index in [2.05, 4.69) is 4.98 Å². The van der Waals surface area contributed by atoms with Gasteiger partial charge in [0.1, 0.15) is 17.7 Å². The van der Waals surface area contributed by atoms with Crippen LogP contribution in [0.4, 0.5) is 4.39 Å². The second-order valence-corrected chi connectivity index (χ2v) is 5.33. The Hall–Kier alpha value is -2.43. The topological polar surface area (TPSA) is 42.4 Å². The van der Waals surface area contributed by atoms with Crippen LogP contribution in [0.5, 0.6) is 5.75 Å². The highest BCUT2D eigenvalue weighted by Crippen LogP contribution is 2.19. The number of ether oxygens (including phenoxy) is 1. The van der Waals surface area contributed by atoms with Crippen molar-refractivity contribution in [1.82, 2.24) is 9.88 Å². The van der Waals surface area contributed by atoms with E-state index in [1.54, 1.807) is 41.6 Å². The van der Waals surface area contributed by atoms with Crippen LogP contribution in [0.1, 0.15) is 23.2 Å². The fraction of sp³-hybridized carbons (Fsp3) is 0.294. The van der Waals surface area contributed by atoms with Crippen LogP contribution in [-0.4, -0.2) is 35.0 Å². The van der Waals surface area contributed by atoms with Crippen LogP contribution in [-0.2, 0) is 0 Å². The summed E-state index contributed by atoms with van der Waals surface area (Å²) in [6.07, 6.45) is 5.07. The molecule has 1 aromatic carbocycles. The van der Waals surface area contributed by atoms with Crippen molar-refractivity contribution in [1.29, 1.82) is 0 Å². The van der Waals surface area contributed by atoms with Gasteiger partial charge < -0.3 is 9.64 Å². The van der Waals surface area contributed by atoms with E-state index < -0.39 is 5.82 Å². The minimum absolute atomic E-state index is 0.0475. The van der Waals surface area contributed by atoms with E-state index in [-0.39, 0.29) is 12.0 Å². The first-order valence-corrected chi connectivity index (χ1v) is 7.34. The third-order valence-corrected chi connectivity index (χ3v) is 3.69. The first-order valence-electron chi connectivity index (χ1n) is 7.34. The summed E-state index contributed by atoms with van der Waals surface area (Å²) in [5.41, 5.74) is 0.379. The Bertz CT molecular complexity index is 648. The van der Waals surface area contributed by atoms with Gasteiger partial charge in [0.05, 0.1) is 6.54 Å². The highest BCUT2D eigenvalue weighted by atomic mass is 19.1. The van der Waals surface area contributed by atoms with Gasteiger partial charge in [-0.25, -0.2) is 4.39 Å². The molecule has 0 saturated carbocycles. The molecular weight excluding hydrogens is 283 g/mol. The molecule has 1 saturated heterocycles. The average molecular weight is 300 g/mol. The van der Waals surface area contributed by atoms with E-state index in [9.17, 15) is 9.18 Å². The van der Waals surface area contributed by atoms with Crippen LogP contribution < -0.4 is 4.74 Å². The zero-order valence-electron chi connectivity index (χ0n) is 12.1. The second-order valence-electron chi connectivity index (χ2n) is 5.33. The average Bonchev–Trinajstić information content (AvgIpc) is 2.55. The van der Waals surface area contributed by atoms with Gasteiger partial charge in [0, 0.05) is 24.5 Å². The van der Waals surface area contributed by atoms with Crippen LogP contribution >= 0.6 is 0 Å². The maximum absolute atomic E-state index is 13.3. The Kier molecular flexibility index (Phi) is 4.32. The smallest absolute Gasteiger partial charge is 0.254 e. The van der Waals surface area contributed by atoms with Gasteiger partial charge in [-0.2, -0.15) is 0 Å². The number of nitrogens with zero attached hydrogens (tertiary/aromatic N) is 2. The van der Waals surface area contributed by atoms with E-state index in [0.717, 1.165) is 18.6 Å². The lowest BCUT2D eigenvalue weighted by molar-refractivity contribution is 0.0537. The molecule has 114 valence electrons. The molecule has 0 radical (unpaired) electrons. The van der Waals surface area contributed by atoms with Gasteiger partial charge in [-0.1, -0.05) is 6.07 Å². The van der Waals surface area contributed by atoms with Gasteiger partial charge in [0.25, 0.3) is 5.91 Å². The number of carbonyl (C=O) groups excluding carboxylic acids is 1. The number of halogens is 1. The van der Waals surface area contributed by atoms with E-state index in [0.29, 0.717) is 18.7 Å². The van der Waals surface area contributed by atoms with Crippen molar-refractivity contribution in [3.8, 4) is 5.75 Å². The van der Waals surface area contributed by atoms with Gasteiger partial charge >= 0.3 is 0 Å². The fourth-order valence-corrected chi connectivity index (χ4v) is 2.63. The summed E-state index contributed by atoms with van der Waals surface area (Å²) in [5.74, 6) is 0.204. The molecular formula is C17H17FN2O2. The lowest BCUT2D eigenvalue weighted by Gasteiger charge is -2.33. The molecule has 1 fully saturated rings. The van der Waals surface area contributed by atoms with Crippen LogP contribution in [0.15, 0.2) is 48.8 Å². The minimum Gasteiger partial charge on any atom is -0.488 e. The molecule has 3 rings (SSSR count). The number of pyridine rings is 1. The lowest BCUT2D eigenvalue weighted by Crippen LogP contribution is -2.44. The molecule has 4 nitrogen and oxygen atoms in total. The van der Waals surface area contributed by atoms with Gasteiger partial charge in [-0.05, 0) is 43.2 Å². The molecule has 1 atom stereocenters. The van der Waals surface area contributed by atoms with E-state index >= 15 is 0 Å². The summed E-state index contributed by atoms with van der Waals surface area (Å²) in [4.78, 5) is 18.1. The summed E-state index contributed by atoms with van der Waals surface area (Å²) < 4.78 is 19.1. The van der Waals surface area contributed by atoms with Gasteiger partial charge in [-0.3, -0.25) is 9.78 Å². The highest BCUT2D eigenvalue weighted by molar-refractivity contribution is 5.94. The minimum atomic E-state index is -0.396. The number of amides is 1. The van der Waals surface area contributed by atoms with Crippen LogP contribution in [0, 0.1) is 5.82 Å². The molecule has 0 N–H and O–H groups in total. The molecule has 22 heavy (non-hydrogen) atoms. The van der Waals surface area contributed by atoms with Crippen molar-refractivity contribution in [3.63, 3.8) is 0 Å². The van der Waals surface area contributed by atoms with E-state index in [4.69, 9.17) is 4.74 Å². The van der Waals surface area contributed by atoms with Crippen LogP contribution in [0.25, 0.3) is 0 Å². The molecule has 0 bridgehead atoms. The first-order chi connectivity index (χ1) is 10.7. The number of hydrogen-bond donors (Lipinski definition) is 0. The number of hydrogen-bond acceptors (Lipinski definition) is 3. The second kappa shape index (κ2) is 6.56. The summed E-state index contributed by atoms with van der Waals surface area (Å²) in [7, 11) is 0. The number of rotatable bonds is 3. The van der Waals surface area contributed by atoms with E-state index in [1.165, 1.54) is 12.1 Å². The van der Waals surface area contributed by atoms with E-state index in [1.807, 2.05) is 0 Å². The zero-order valence-corrected chi connectivity index (χ0v) is 12.1. The molecule has 1 unspecified atom stereocenters. The van der Waals surface area contributed by atoms with Crippen molar-refractivity contribution in [3.05, 3.63) is 60.2 Å². The normalized spacial score (nSPS) is 18.0. The molecule has 1 aliphatic rings. The third kappa shape index (κ3) is 3.42. The Morgan fingerprint density at radius 3 is 2.86 bits per heavy atom. The summed E-state index contributed by atoms with van der Waals surface area (Å²) >= 11 is 0. The molecule has 1 aliphatic heterocycles. The van der Waals surface area contributed by atoms with Crippen LogP contribution in [0.3, 0.4) is 0 Å². The quantitative estimate of drug-likeness (QED) is 0.875. The number of aromatic nitrogens is 1. The maximum atomic E-state index is 13.3. The van der Waals surface area contributed by atoms with Crippen molar-refractivity contribution in [2.24, 2.45) is 0 Å². The number of likely N-dealkylation sites (tertiary alicyclic amines) is 1. The maximum Gasteiger partial charge on any atom is 0.254 e. The predicted octanol–water partition coefficient (Wildman–Crippen LogP) is 2.90. The fourth-order valence-electron chi connectivity index (χ4n) is 2.63. The Labute approximate surface area is 128 Å². The molecule has 2 heterocycles. The van der Waals surface area contributed by atoms with Crippen LogP contribution in [0.2, 0.25) is 0 Å². The van der Waals surface area contributed by atoms with Crippen molar-refractivity contribution in [2.45, 2.75) is 18.9 Å². The Morgan fingerprint density at radius 2 is 2.09 bits per heavy atom. The number of carbonyl (C=O) groups is 1. The number of piperidine rings is 1. The largest absolute Gasteiger partial charge is 0.488 e. The van der Waals surface area contributed by atoms with Gasteiger partial charge in [-0.15, -0.1) is 0 Å². The lowest BCUT2D eigenvalue weighted by atomic mass is 10.1. The monoisotopic (exact) mass is 300 g/mol. The number of benzene rings is 1. The molecule has 2 aromatic rings. The molecule has 1 amide bonds. The van der Waals surface area contributed by atoms with Gasteiger partial charge in [0.15, 0.2) is 0 Å². The molecule has 5 heteroatoms. The molecule has 1 aromatic heterocycles. The Morgan fingerprint density at radius 1 is 1.27 bits per heavy atom. The van der Waals surface area contributed by atoms with Crippen molar-refractivity contribution in [2.75, 3.05) is 13.1 Å². The summed E-state index contributed by atoms with van der Waals surface area (Å²) in [5, 5.41) is 0. The SMILES string of the molecule is O=C(c1cccc(F)c1)N1CCCC(Oc2ccncc2)C1. The Balaban J connectivity index is 1.66. The highest BCUT2D eigenvalue weighted by Gasteiger charge is 2.25. The van der Waals surface area contributed by atoms with Gasteiger partial charge in [0.2, 0.25) is 0 Å². The van der Waals surface area contributed by atoms with Crippen molar-refractivity contribution >= 4 is 5.91 Å². The third-order valence-electron chi connectivity index (χ3n) is 3.69. The summed E-state index contributed by atoms with van der Waals surface area (Å²) in [6, 6.07) is 9.40. The summed E-state index contributed by atoms with van der Waals surface area (Å²) in [6.45, 7) is 1.18. The standard InChI is InChI=1S/C17H17FN2O2/c18-14-4-1-3-13(11-14)17(21)20-10-2-5-16(12-20)22-15-6-8-19-9-7-15/h1,3-4,6-9,11,16H,2,5,10,12H2. The van der Waals surface area contributed by atoms with Crippen molar-refractivity contribution < 1.29 is 13.9 Å². The predicted molar refractivity (Wildman–Crippen MR) is 80.2 cm³/mol. The zero-order chi connectivity index (χ0) is 15.4. The molecule has 0 spiro atoms. The first kappa shape index (κ1) is 14.5.